The highest BCUT2D eigenvalue weighted by molar-refractivity contribution is 5.49. The Balaban J connectivity index is 1.88. The molecule has 0 heterocycles. The summed E-state index contributed by atoms with van der Waals surface area (Å²) in [7, 11) is 0. The summed E-state index contributed by atoms with van der Waals surface area (Å²) in [4.78, 5) is 0. The SMILES string of the molecule is CC[C@@H]1C2C(C)C21c1ccc(CO)cc1. The maximum Gasteiger partial charge on any atom is 0.0681 e. The van der Waals surface area contributed by atoms with Gasteiger partial charge in [0.15, 0.2) is 0 Å². The van der Waals surface area contributed by atoms with Crippen molar-refractivity contribution < 1.29 is 5.11 Å². The minimum Gasteiger partial charge on any atom is -0.392 e. The van der Waals surface area contributed by atoms with E-state index in [1.165, 1.54) is 12.0 Å². The molecule has 1 N–H and O–H groups in total. The minimum atomic E-state index is 0.156. The fourth-order valence-corrected chi connectivity index (χ4v) is 3.86. The molecule has 0 aromatic heterocycles. The van der Waals surface area contributed by atoms with Gasteiger partial charge >= 0.3 is 0 Å². The predicted molar refractivity (Wildman–Crippen MR) is 60.5 cm³/mol. The van der Waals surface area contributed by atoms with Gasteiger partial charge in [0.2, 0.25) is 0 Å². The number of benzene rings is 1. The van der Waals surface area contributed by atoms with Crippen molar-refractivity contribution in [3.63, 3.8) is 0 Å². The zero-order valence-corrected chi connectivity index (χ0v) is 9.40. The Morgan fingerprint density at radius 1 is 1.27 bits per heavy atom. The van der Waals surface area contributed by atoms with Crippen molar-refractivity contribution in [3.8, 4) is 0 Å². The van der Waals surface area contributed by atoms with Crippen molar-refractivity contribution >= 4 is 0 Å². The minimum absolute atomic E-state index is 0.156. The lowest BCUT2D eigenvalue weighted by molar-refractivity contribution is 0.282. The van der Waals surface area contributed by atoms with E-state index in [2.05, 4.69) is 38.1 Å². The van der Waals surface area contributed by atoms with Crippen LogP contribution in [0, 0.1) is 17.8 Å². The largest absolute Gasteiger partial charge is 0.392 e. The standard InChI is InChI=1S/C14H18O/c1-3-12-13-9(2)14(12,13)11-6-4-10(8-15)5-7-11/h4-7,9,12-13,15H,3,8H2,1-2H3/t9?,12-,13?,14?/m1/s1. The van der Waals surface area contributed by atoms with Crippen molar-refractivity contribution in [1.29, 1.82) is 0 Å². The van der Waals surface area contributed by atoms with Gasteiger partial charge in [0, 0.05) is 5.41 Å². The van der Waals surface area contributed by atoms with E-state index >= 15 is 0 Å². The first-order valence-electron chi connectivity index (χ1n) is 5.97. The van der Waals surface area contributed by atoms with E-state index in [4.69, 9.17) is 5.11 Å². The highest BCUT2D eigenvalue weighted by Gasteiger charge is 2.83. The van der Waals surface area contributed by atoms with Gasteiger partial charge in [-0.15, -0.1) is 0 Å². The zero-order chi connectivity index (χ0) is 10.6. The molecule has 0 amide bonds. The molecule has 3 unspecified atom stereocenters. The van der Waals surface area contributed by atoms with Crippen LogP contribution in [-0.2, 0) is 12.0 Å². The highest BCUT2D eigenvalue weighted by Crippen LogP contribution is 2.84. The molecule has 3 rings (SSSR count). The Morgan fingerprint density at radius 3 is 2.33 bits per heavy atom. The number of aliphatic hydroxyl groups excluding tert-OH is 1. The summed E-state index contributed by atoms with van der Waals surface area (Å²) in [5.74, 6) is 2.79. The Bertz CT molecular complexity index is 375. The van der Waals surface area contributed by atoms with E-state index in [9.17, 15) is 0 Å². The third kappa shape index (κ3) is 0.971. The topological polar surface area (TPSA) is 20.2 Å². The monoisotopic (exact) mass is 202 g/mol. The van der Waals surface area contributed by atoms with Gasteiger partial charge in [-0.2, -0.15) is 0 Å². The first kappa shape index (κ1) is 9.41. The normalized spacial score (nSPS) is 41.1. The average molecular weight is 202 g/mol. The molecular weight excluding hydrogens is 184 g/mol. The lowest BCUT2D eigenvalue weighted by Crippen LogP contribution is -2.10. The van der Waals surface area contributed by atoms with Gasteiger partial charge in [-0.25, -0.2) is 0 Å². The van der Waals surface area contributed by atoms with Gasteiger partial charge in [-0.05, 0) is 28.9 Å². The van der Waals surface area contributed by atoms with E-state index in [1.807, 2.05) is 0 Å². The lowest BCUT2D eigenvalue weighted by atomic mass is 9.89. The molecule has 0 aliphatic heterocycles. The maximum absolute atomic E-state index is 9.01. The Kier molecular flexibility index (Phi) is 1.79. The molecule has 2 fully saturated rings. The van der Waals surface area contributed by atoms with Gasteiger partial charge in [0.25, 0.3) is 0 Å². The first-order chi connectivity index (χ1) is 7.26. The summed E-state index contributed by atoms with van der Waals surface area (Å²) >= 11 is 0. The Labute approximate surface area is 91.1 Å². The predicted octanol–water partition coefficient (Wildman–Crippen LogP) is 2.72. The smallest absolute Gasteiger partial charge is 0.0681 e. The van der Waals surface area contributed by atoms with Crippen LogP contribution in [0.25, 0.3) is 0 Å². The summed E-state index contributed by atoms with van der Waals surface area (Å²) in [5.41, 5.74) is 3.07. The fraction of sp³-hybridized carbons (Fsp3) is 0.571. The molecule has 15 heavy (non-hydrogen) atoms. The molecule has 0 radical (unpaired) electrons. The third-order valence-corrected chi connectivity index (χ3v) is 4.75. The van der Waals surface area contributed by atoms with Crippen molar-refractivity contribution in [2.45, 2.75) is 32.3 Å². The molecule has 80 valence electrons. The summed E-state index contributed by atoms with van der Waals surface area (Å²) < 4.78 is 0. The molecule has 2 saturated carbocycles. The van der Waals surface area contributed by atoms with Crippen LogP contribution in [0.2, 0.25) is 0 Å². The van der Waals surface area contributed by atoms with Crippen molar-refractivity contribution in [3.05, 3.63) is 35.4 Å². The van der Waals surface area contributed by atoms with Crippen molar-refractivity contribution in [1.82, 2.24) is 0 Å². The molecule has 0 bridgehead atoms. The highest BCUT2D eigenvalue weighted by atomic mass is 16.3. The van der Waals surface area contributed by atoms with E-state index in [0.717, 1.165) is 23.3 Å². The van der Waals surface area contributed by atoms with Crippen LogP contribution in [-0.4, -0.2) is 5.11 Å². The van der Waals surface area contributed by atoms with Crippen LogP contribution < -0.4 is 0 Å². The van der Waals surface area contributed by atoms with Gasteiger partial charge in [0.1, 0.15) is 0 Å². The molecule has 1 nitrogen and oxygen atoms in total. The molecular formula is C14H18O. The van der Waals surface area contributed by atoms with E-state index in [1.54, 1.807) is 0 Å². The van der Waals surface area contributed by atoms with Gasteiger partial charge in [-0.3, -0.25) is 0 Å². The second-order valence-electron chi connectivity index (χ2n) is 5.12. The second-order valence-corrected chi connectivity index (χ2v) is 5.12. The number of hydrogen-bond donors (Lipinski definition) is 1. The molecule has 1 aromatic rings. The Morgan fingerprint density at radius 2 is 1.93 bits per heavy atom. The maximum atomic E-state index is 9.01. The van der Waals surface area contributed by atoms with Crippen LogP contribution in [0.15, 0.2) is 24.3 Å². The van der Waals surface area contributed by atoms with Gasteiger partial charge in [-0.1, -0.05) is 44.5 Å². The van der Waals surface area contributed by atoms with E-state index < -0.39 is 0 Å². The zero-order valence-electron chi connectivity index (χ0n) is 9.40. The lowest BCUT2D eigenvalue weighted by Gasteiger charge is -2.15. The number of hydrogen-bond acceptors (Lipinski definition) is 1. The average Bonchev–Trinajstić information content (AvgIpc) is 3.14. The van der Waals surface area contributed by atoms with Crippen LogP contribution >= 0.6 is 0 Å². The first-order valence-corrected chi connectivity index (χ1v) is 5.97. The molecule has 1 heteroatoms. The molecule has 0 saturated heterocycles. The Hall–Kier alpha value is -0.820. The van der Waals surface area contributed by atoms with Crippen LogP contribution in [0.4, 0.5) is 0 Å². The quantitative estimate of drug-likeness (QED) is 0.799. The summed E-state index contributed by atoms with van der Waals surface area (Å²) in [6.45, 7) is 4.83. The van der Waals surface area contributed by atoms with Crippen LogP contribution in [0.3, 0.4) is 0 Å². The van der Waals surface area contributed by atoms with E-state index in [0.29, 0.717) is 5.41 Å². The number of rotatable bonds is 3. The van der Waals surface area contributed by atoms with E-state index in [-0.39, 0.29) is 6.61 Å². The van der Waals surface area contributed by atoms with Crippen LogP contribution in [0.1, 0.15) is 31.4 Å². The van der Waals surface area contributed by atoms with Gasteiger partial charge < -0.3 is 5.11 Å². The molecule has 1 aromatic carbocycles. The second kappa shape index (κ2) is 2.85. The van der Waals surface area contributed by atoms with Gasteiger partial charge in [0.05, 0.1) is 6.61 Å². The fourth-order valence-electron chi connectivity index (χ4n) is 3.86. The van der Waals surface area contributed by atoms with Crippen molar-refractivity contribution in [2.75, 3.05) is 0 Å². The van der Waals surface area contributed by atoms with Crippen LogP contribution in [0.5, 0.6) is 0 Å². The van der Waals surface area contributed by atoms with Crippen molar-refractivity contribution in [2.24, 2.45) is 17.8 Å². The molecule has 2 aliphatic rings. The molecule has 2 aliphatic carbocycles. The molecule has 4 atom stereocenters. The summed E-state index contributed by atoms with van der Waals surface area (Å²) in [6, 6.07) is 8.57. The summed E-state index contributed by atoms with van der Waals surface area (Å²) in [6.07, 6.45) is 1.32. The number of fused-ring (bicyclic) bond motifs is 1. The third-order valence-electron chi connectivity index (χ3n) is 4.75. The number of aliphatic hydroxyl groups is 1. The molecule has 0 spiro atoms. The summed E-state index contributed by atoms with van der Waals surface area (Å²) in [5, 5.41) is 9.01.